The minimum Gasteiger partial charge on any atom is -0.352 e. The molecule has 0 bridgehead atoms. The Morgan fingerprint density at radius 1 is 1.06 bits per heavy atom. The SMILES string of the molecule is C=CCNC(=O)CN1CCN(Cc2nc3cc(Cl)ccc3n2Cc2ccccc2)CC1. The van der Waals surface area contributed by atoms with Crippen molar-refractivity contribution in [3.05, 3.63) is 77.6 Å². The van der Waals surface area contributed by atoms with Crippen LogP contribution in [0.15, 0.2) is 61.2 Å². The highest BCUT2D eigenvalue weighted by Crippen LogP contribution is 2.23. The number of nitrogens with one attached hydrogen (secondary N) is 1. The van der Waals surface area contributed by atoms with Crippen LogP contribution in [0.25, 0.3) is 11.0 Å². The molecule has 0 unspecified atom stereocenters. The van der Waals surface area contributed by atoms with Gasteiger partial charge in [0.1, 0.15) is 5.82 Å². The Kier molecular flexibility index (Phi) is 7.02. The number of imidazole rings is 1. The van der Waals surface area contributed by atoms with E-state index in [1.54, 1.807) is 6.08 Å². The molecule has 6 nitrogen and oxygen atoms in total. The number of amides is 1. The molecular weight excluding hydrogens is 410 g/mol. The Morgan fingerprint density at radius 3 is 2.55 bits per heavy atom. The first-order valence-electron chi connectivity index (χ1n) is 10.6. The average Bonchev–Trinajstić information content (AvgIpc) is 3.10. The van der Waals surface area contributed by atoms with E-state index in [-0.39, 0.29) is 5.91 Å². The fourth-order valence-electron chi connectivity index (χ4n) is 3.97. The number of piperazine rings is 1. The van der Waals surface area contributed by atoms with Gasteiger partial charge in [0, 0.05) is 44.3 Å². The van der Waals surface area contributed by atoms with Crippen LogP contribution in [0.2, 0.25) is 5.02 Å². The van der Waals surface area contributed by atoms with Crippen molar-refractivity contribution in [3.63, 3.8) is 0 Å². The summed E-state index contributed by atoms with van der Waals surface area (Å²) in [5.74, 6) is 1.09. The third-order valence-electron chi connectivity index (χ3n) is 5.61. The Hall–Kier alpha value is -2.67. The van der Waals surface area contributed by atoms with Crippen molar-refractivity contribution in [2.45, 2.75) is 13.1 Å². The Bertz CT molecular complexity index is 1040. The van der Waals surface area contributed by atoms with Crippen molar-refractivity contribution in [3.8, 4) is 0 Å². The van der Waals surface area contributed by atoms with Crippen molar-refractivity contribution >= 4 is 28.5 Å². The van der Waals surface area contributed by atoms with E-state index in [0.717, 1.165) is 56.1 Å². The van der Waals surface area contributed by atoms with Crippen molar-refractivity contribution in [1.82, 2.24) is 24.7 Å². The maximum Gasteiger partial charge on any atom is 0.234 e. The van der Waals surface area contributed by atoms with Crippen LogP contribution in [-0.2, 0) is 17.9 Å². The van der Waals surface area contributed by atoms with E-state index in [0.29, 0.717) is 18.1 Å². The predicted octanol–water partition coefficient (Wildman–Crippen LogP) is 3.16. The quantitative estimate of drug-likeness (QED) is 0.550. The van der Waals surface area contributed by atoms with Gasteiger partial charge in [-0.25, -0.2) is 4.98 Å². The van der Waals surface area contributed by atoms with Crippen molar-refractivity contribution < 1.29 is 4.79 Å². The summed E-state index contributed by atoms with van der Waals surface area (Å²) in [6, 6.07) is 16.4. The Morgan fingerprint density at radius 2 is 1.81 bits per heavy atom. The molecule has 1 N–H and O–H groups in total. The van der Waals surface area contributed by atoms with Crippen LogP contribution in [0.5, 0.6) is 0 Å². The number of halogens is 1. The first-order chi connectivity index (χ1) is 15.1. The molecule has 7 heteroatoms. The van der Waals surface area contributed by atoms with Gasteiger partial charge in [0.25, 0.3) is 0 Å². The van der Waals surface area contributed by atoms with E-state index < -0.39 is 0 Å². The number of carbonyl (C=O) groups is 1. The molecule has 1 aromatic heterocycles. The lowest BCUT2D eigenvalue weighted by molar-refractivity contribution is -0.122. The fourth-order valence-corrected chi connectivity index (χ4v) is 4.13. The summed E-state index contributed by atoms with van der Waals surface area (Å²) in [6.45, 7) is 9.68. The van der Waals surface area contributed by atoms with Crippen molar-refractivity contribution in [2.75, 3.05) is 39.3 Å². The molecule has 31 heavy (non-hydrogen) atoms. The minimum absolute atomic E-state index is 0.0508. The zero-order valence-corrected chi connectivity index (χ0v) is 18.4. The summed E-state index contributed by atoms with van der Waals surface area (Å²) in [4.78, 5) is 21.5. The lowest BCUT2D eigenvalue weighted by Crippen LogP contribution is -2.49. The number of aromatic nitrogens is 2. The van der Waals surface area contributed by atoms with Crippen LogP contribution in [0, 0.1) is 0 Å². The zero-order valence-electron chi connectivity index (χ0n) is 17.6. The summed E-state index contributed by atoms with van der Waals surface area (Å²) < 4.78 is 2.29. The van der Waals surface area contributed by atoms with E-state index in [4.69, 9.17) is 16.6 Å². The molecule has 1 saturated heterocycles. The molecule has 2 aromatic carbocycles. The van der Waals surface area contributed by atoms with Gasteiger partial charge in [0.2, 0.25) is 5.91 Å². The minimum atomic E-state index is 0.0508. The zero-order chi connectivity index (χ0) is 21.6. The molecule has 0 saturated carbocycles. The number of carbonyl (C=O) groups excluding carboxylic acids is 1. The van der Waals surface area contributed by atoms with Crippen molar-refractivity contribution in [2.24, 2.45) is 0 Å². The topological polar surface area (TPSA) is 53.4 Å². The summed E-state index contributed by atoms with van der Waals surface area (Å²) in [5, 5.41) is 3.55. The monoisotopic (exact) mass is 437 g/mol. The molecule has 2 heterocycles. The third-order valence-corrected chi connectivity index (χ3v) is 5.85. The number of nitrogens with zero attached hydrogens (tertiary/aromatic N) is 4. The van der Waals surface area contributed by atoms with Gasteiger partial charge in [-0.05, 0) is 23.8 Å². The number of rotatable bonds is 8. The van der Waals surface area contributed by atoms with E-state index in [1.807, 2.05) is 18.2 Å². The summed E-state index contributed by atoms with van der Waals surface area (Å²) in [5.41, 5.74) is 3.27. The lowest BCUT2D eigenvalue weighted by Gasteiger charge is -2.34. The number of fused-ring (bicyclic) bond motifs is 1. The number of hydrogen-bond donors (Lipinski definition) is 1. The number of benzene rings is 2. The van der Waals surface area contributed by atoms with Gasteiger partial charge in [0.15, 0.2) is 0 Å². The Labute approximate surface area is 188 Å². The highest BCUT2D eigenvalue weighted by atomic mass is 35.5. The molecule has 0 atom stereocenters. The second-order valence-electron chi connectivity index (χ2n) is 7.88. The molecule has 0 aliphatic carbocycles. The normalized spacial score (nSPS) is 15.3. The molecule has 0 spiro atoms. The van der Waals surface area contributed by atoms with E-state index >= 15 is 0 Å². The molecule has 1 fully saturated rings. The fraction of sp³-hybridized carbons (Fsp3) is 0.333. The molecule has 3 aromatic rings. The van der Waals surface area contributed by atoms with Crippen LogP contribution in [0.3, 0.4) is 0 Å². The molecule has 1 amide bonds. The van der Waals surface area contributed by atoms with Gasteiger partial charge < -0.3 is 9.88 Å². The number of hydrogen-bond acceptors (Lipinski definition) is 4. The maximum absolute atomic E-state index is 11.9. The molecular formula is C24H28ClN5O. The van der Waals surface area contributed by atoms with Crippen molar-refractivity contribution in [1.29, 1.82) is 0 Å². The van der Waals surface area contributed by atoms with Gasteiger partial charge in [-0.1, -0.05) is 48.0 Å². The average molecular weight is 438 g/mol. The lowest BCUT2D eigenvalue weighted by atomic mass is 10.2. The summed E-state index contributed by atoms with van der Waals surface area (Å²) >= 11 is 6.22. The first-order valence-corrected chi connectivity index (χ1v) is 11.0. The Balaban J connectivity index is 1.45. The largest absolute Gasteiger partial charge is 0.352 e. The van der Waals surface area contributed by atoms with Crippen LogP contribution in [-0.4, -0.2) is 64.5 Å². The predicted molar refractivity (Wildman–Crippen MR) is 125 cm³/mol. The van der Waals surface area contributed by atoms with Gasteiger partial charge >= 0.3 is 0 Å². The standard InChI is InChI=1S/C24H28ClN5O/c1-2-10-26-24(31)18-29-13-11-28(12-14-29)17-23-27-21-15-20(25)8-9-22(21)30(23)16-19-6-4-3-5-7-19/h2-9,15H,1,10-14,16-18H2,(H,26,31). The first kappa shape index (κ1) is 21.6. The highest BCUT2D eigenvalue weighted by Gasteiger charge is 2.21. The van der Waals surface area contributed by atoms with Gasteiger partial charge in [-0.2, -0.15) is 0 Å². The summed E-state index contributed by atoms with van der Waals surface area (Å²) in [6.07, 6.45) is 1.70. The molecule has 0 radical (unpaired) electrons. The van der Waals surface area contributed by atoms with E-state index in [2.05, 4.69) is 56.6 Å². The van der Waals surface area contributed by atoms with Gasteiger partial charge in [0.05, 0.1) is 24.1 Å². The molecule has 4 rings (SSSR count). The molecule has 162 valence electrons. The van der Waals surface area contributed by atoms with E-state index in [1.165, 1.54) is 5.56 Å². The van der Waals surface area contributed by atoms with Gasteiger partial charge in [-0.3, -0.25) is 14.6 Å². The second kappa shape index (κ2) is 10.1. The summed E-state index contributed by atoms with van der Waals surface area (Å²) in [7, 11) is 0. The third kappa shape index (κ3) is 5.53. The smallest absolute Gasteiger partial charge is 0.234 e. The molecule has 1 aliphatic heterocycles. The second-order valence-corrected chi connectivity index (χ2v) is 8.31. The van der Waals surface area contributed by atoms with E-state index in [9.17, 15) is 4.79 Å². The highest BCUT2D eigenvalue weighted by molar-refractivity contribution is 6.31. The van der Waals surface area contributed by atoms with Crippen LogP contribution in [0.1, 0.15) is 11.4 Å². The van der Waals surface area contributed by atoms with Crippen LogP contribution >= 0.6 is 11.6 Å². The molecule has 1 aliphatic rings. The van der Waals surface area contributed by atoms with Crippen LogP contribution in [0.4, 0.5) is 0 Å². The van der Waals surface area contributed by atoms with Gasteiger partial charge in [-0.15, -0.1) is 6.58 Å². The maximum atomic E-state index is 11.9. The van der Waals surface area contributed by atoms with Crippen LogP contribution < -0.4 is 5.32 Å².